The van der Waals surface area contributed by atoms with E-state index in [1.165, 1.54) is 12.1 Å². The van der Waals surface area contributed by atoms with Crippen molar-refractivity contribution in [1.82, 2.24) is 5.32 Å². The van der Waals surface area contributed by atoms with Gasteiger partial charge in [0, 0.05) is 23.6 Å². The van der Waals surface area contributed by atoms with Gasteiger partial charge in [-0.2, -0.15) is 0 Å². The number of aromatic hydroxyl groups is 1. The fraction of sp³-hybridized carbons (Fsp3) is 0.667. The highest BCUT2D eigenvalue weighted by molar-refractivity contribution is 5.94. The van der Waals surface area contributed by atoms with Crippen molar-refractivity contribution in [3.63, 3.8) is 0 Å². The minimum absolute atomic E-state index is 0.137. The number of rotatable bonds is 16. The maximum Gasteiger partial charge on any atom is 0.251 e. The maximum atomic E-state index is 12.3. The normalized spacial score (nSPS) is 23.6. The fourth-order valence-electron chi connectivity index (χ4n) is 3.08. The first kappa shape index (κ1) is 29.5. The second kappa shape index (κ2) is 16.1. The number of amides is 1. The van der Waals surface area contributed by atoms with E-state index in [-0.39, 0.29) is 31.0 Å². The van der Waals surface area contributed by atoms with Gasteiger partial charge in [0.15, 0.2) is 11.5 Å². The van der Waals surface area contributed by atoms with Crippen LogP contribution in [0.4, 0.5) is 0 Å². The Kier molecular flexibility index (Phi) is 13.2. The van der Waals surface area contributed by atoms with E-state index in [0.29, 0.717) is 33.0 Å². The van der Waals surface area contributed by atoms with Crippen LogP contribution in [0.2, 0.25) is 0 Å². The minimum atomic E-state index is -1.64. The molecule has 15 nitrogen and oxygen atoms in total. The van der Waals surface area contributed by atoms with Gasteiger partial charge in [-0.25, -0.2) is 0 Å². The third-order valence-electron chi connectivity index (χ3n) is 4.99. The number of carbonyl (C=O) groups is 1. The minimum Gasteiger partial charge on any atom is -0.504 e. The van der Waals surface area contributed by atoms with Crippen molar-refractivity contribution in [2.75, 3.05) is 59.3 Å². The molecule has 1 aliphatic rings. The first-order valence-electron chi connectivity index (χ1n) is 11.2. The predicted octanol–water partition coefficient (Wildman–Crippen LogP) is -1.34. The van der Waals surface area contributed by atoms with Crippen molar-refractivity contribution in [3.05, 3.63) is 34.2 Å². The van der Waals surface area contributed by atoms with E-state index in [9.17, 15) is 30.3 Å². The number of hydrogen-bond donors (Lipinski definition) is 6. The number of azide groups is 1. The molecule has 1 heterocycles. The Labute approximate surface area is 206 Å². The molecule has 1 aliphatic heterocycles. The summed E-state index contributed by atoms with van der Waals surface area (Å²) in [7, 11) is 0. The highest BCUT2D eigenvalue weighted by Gasteiger charge is 2.44. The molecule has 1 saturated heterocycles. The summed E-state index contributed by atoms with van der Waals surface area (Å²) in [6.45, 7) is 1.83. The molecule has 0 spiro atoms. The van der Waals surface area contributed by atoms with Crippen molar-refractivity contribution < 1.29 is 54.0 Å². The Balaban J connectivity index is 1.65. The first-order valence-corrected chi connectivity index (χ1v) is 11.2. The molecule has 1 aromatic rings. The second-order valence-electron chi connectivity index (χ2n) is 7.55. The third-order valence-corrected chi connectivity index (χ3v) is 4.99. The fourth-order valence-corrected chi connectivity index (χ4v) is 3.08. The molecule has 15 heteroatoms. The van der Waals surface area contributed by atoms with E-state index in [0.717, 1.165) is 6.07 Å². The van der Waals surface area contributed by atoms with Crippen LogP contribution in [0.1, 0.15) is 10.4 Å². The lowest BCUT2D eigenvalue weighted by molar-refractivity contribution is -0.277. The van der Waals surface area contributed by atoms with E-state index < -0.39 is 49.0 Å². The van der Waals surface area contributed by atoms with E-state index in [4.69, 9.17) is 29.2 Å². The molecule has 2 rings (SSSR count). The molecule has 36 heavy (non-hydrogen) atoms. The number of benzene rings is 1. The topological polar surface area (TPSA) is 225 Å². The van der Waals surface area contributed by atoms with Crippen molar-refractivity contribution >= 4 is 5.91 Å². The molecule has 202 valence electrons. The molecule has 1 aromatic carbocycles. The Morgan fingerprint density at radius 2 is 1.69 bits per heavy atom. The Hall–Kier alpha value is -2.72. The van der Waals surface area contributed by atoms with Gasteiger partial charge >= 0.3 is 0 Å². The van der Waals surface area contributed by atoms with Gasteiger partial charge in [0.25, 0.3) is 5.91 Å². The zero-order chi connectivity index (χ0) is 26.3. The lowest BCUT2D eigenvalue weighted by atomic mass is 9.99. The molecule has 0 saturated carbocycles. The van der Waals surface area contributed by atoms with Gasteiger partial charge in [0.1, 0.15) is 24.4 Å². The van der Waals surface area contributed by atoms with Gasteiger partial charge in [-0.1, -0.05) is 5.11 Å². The van der Waals surface area contributed by atoms with Gasteiger partial charge in [0.2, 0.25) is 6.29 Å². The molecule has 0 unspecified atom stereocenters. The van der Waals surface area contributed by atoms with Crippen molar-refractivity contribution in [3.8, 4) is 11.5 Å². The summed E-state index contributed by atoms with van der Waals surface area (Å²) < 4.78 is 26.4. The zero-order valence-electron chi connectivity index (χ0n) is 19.5. The summed E-state index contributed by atoms with van der Waals surface area (Å²) in [5.74, 6) is -1.03. The van der Waals surface area contributed by atoms with Gasteiger partial charge < -0.3 is 54.5 Å². The summed E-state index contributed by atoms with van der Waals surface area (Å²) in [4.78, 5) is 14.9. The summed E-state index contributed by atoms with van der Waals surface area (Å²) in [6, 6.07) is 3.80. The highest BCUT2D eigenvalue weighted by Crippen LogP contribution is 2.31. The van der Waals surface area contributed by atoms with Crippen LogP contribution in [-0.2, 0) is 18.9 Å². The van der Waals surface area contributed by atoms with Crippen LogP contribution in [0.5, 0.6) is 11.5 Å². The SMILES string of the molecule is [N-]=[N+]=NCCOCCOCCOCCNC(=O)c1ccc(O[C@@H]2O[C@H](CO)[C@H](O)[C@H](O)[C@H]2O)c(O)c1. The number of aliphatic hydroxyl groups is 4. The lowest BCUT2D eigenvalue weighted by Crippen LogP contribution is -2.60. The zero-order valence-corrected chi connectivity index (χ0v) is 19.5. The highest BCUT2D eigenvalue weighted by atomic mass is 16.7. The summed E-state index contributed by atoms with van der Waals surface area (Å²) in [5.41, 5.74) is 8.26. The quantitative estimate of drug-likeness (QED) is 0.0652. The van der Waals surface area contributed by atoms with Crippen LogP contribution in [0.15, 0.2) is 23.3 Å². The third kappa shape index (κ3) is 9.39. The Morgan fingerprint density at radius 3 is 2.33 bits per heavy atom. The molecule has 1 fully saturated rings. The number of phenols is 1. The van der Waals surface area contributed by atoms with E-state index >= 15 is 0 Å². The van der Waals surface area contributed by atoms with Crippen molar-refractivity contribution in [1.29, 1.82) is 0 Å². The van der Waals surface area contributed by atoms with Crippen LogP contribution in [-0.4, -0.2) is 121 Å². The summed E-state index contributed by atoms with van der Waals surface area (Å²) >= 11 is 0. The largest absolute Gasteiger partial charge is 0.504 e. The number of aliphatic hydroxyl groups excluding tert-OH is 4. The molecule has 0 aromatic heterocycles. The average Bonchev–Trinajstić information content (AvgIpc) is 2.87. The van der Waals surface area contributed by atoms with Crippen molar-refractivity contribution in [2.24, 2.45) is 5.11 Å². The van der Waals surface area contributed by atoms with Gasteiger partial charge in [-0.3, -0.25) is 4.79 Å². The number of nitrogens with one attached hydrogen (secondary N) is 1. The maximum absolute atomic E-state index is 12.3. The molecular weight excluding hydrogens is 484 g/mol. The van der Waals surface area contributed by atoms with Crippen LogP contribution in [0.3, 0.4) is 0 Å². The summed E-state index contributed by atoms with van der Waals surface area (Å²) in [5, 5.41) is 55.1. The van der Waals surface area contributed by atoms with Crippen LogP contribution in [0.25, 0.3) is 10.4 Å². The standard InChI is InChI=1S/C21H32N4O11/c22-25-24-4-6-33-8-10-34-9-7-32-5-3-23-20(31)13-1-2-15(14(27)11-13)35-21-19(30)18(29)17(28)16(12-26)36-21/h1-2,11,16-19,21,26-30H,3-10,12H2,(H,23,31)/t16-,17+,18+,19-,21-/m1/s1. The van der Waals surface area contributed by atoms with E-state index in [1.807, 2.05) is 0 Å². The van der Waals surface area contributed by atoms with Crippen LogP contribution in [0, 0.1) is 0 Å². The number of phenolic OH excluding ortho intramolecular Hbond substituents is 1. The summed E-state index contributed by atoms with van der Waals surface area (Å²) in [6.07, 6.45) is -7.44. The van der Waals surface area contributed by atoms with Gasteiger partial charge in [-0.15, -0.1) is 0 Å². The lowest BCUT2D eigenvalue weighted by Gasteiger charge is -2.39. The van der Waals surface area contributed by atoms with Gasteiger partial charge in [0.05, 0.1) is 46.2 Å². The molecule has 1 amide bonds. The number of hydrogen-bond acceptors (Lipinski definition) is 12. The van der Waals surface area contributed by atoms with E-state index in [1.54, 1.807) is 0 Å². The molecule has 6 N–H and O–H groups in total. The first-order chi connectivity index (χ1) is 17.4. The molecule has 0 radical (unpaired) electrons. The predicted molar refractivity (Wildman–Crippen MR) is 121 cm³/mol. The Bertz CT molecular complexity index is 853. The number of ether oxygens (including phenoxy) is 5. The number of carbonyl (C=O) groups excluding carboxylic acids is 1. The second-order valence-corrected chi connectivity index (χ2v) is 7.55. The molecule has 5 atom stereocenters. The molecule has 0 bridgehead atoms. The van der Waals surface area contributed by atoms with Crippen molar-refractivity contribution in [2.45, 2.75) is 30.7 Å². The average molecular weight is 517 g/mol. The molecular formula is C21H32N4O11. The monoisotopic (exact) mass is 516 g/mol. The van der Waals surface area contributed by atoms with Crippen LogP contribution < -0.4 is 10.1 Å². The number of nitrogens with zero attached hydrogens (tertiary/aromatic N) is 3. The smallest absolute Gasteiger partial charge is 0.251 e. The Morgan fingerprint density at radius 1 is 1.03 bits per heavy atom. The van der Waals surface area contributed by atoms with Crippen LogP contribution >= 0.6 is 0 Å². The molecule has 0 aliphatic carbocycles. The van der Waals surface area contributed by atoms with Gasteiger partial charge in [-0.05, 0) is 23.7 Å². The van der Waals surface area contributed by atoms with E-state index in [2.05, 4.69) is 15.3 Å².